The number of hydrogen-bond donors (Lipinski definition) is 2. The van der Waals surface area contributed by atoms with Crippen LogP contribution in [0.2, 0.25) is 0 Å². The number of ether oxygens (including phenoxy) is 1. The number of fused-ring (bicyclic) bond motifs is 2. The van der Waals surface area contributed by atoms with Gasteiger partial charge in [0.2, 0.25) is 11.7 Å². The average molecular weight is 552 g/mol. The quantitative estimate of drug-likeness (QED) is 0.406. The molecule has 0 radical (unpaired) electrons. The third-order valence-corrected chi connectivity index (χ3v) is 9.63. The van der Waals surface area contributed by atoms with Gasteiger partial charge < -0.3 is 20.7 Å². The molecule has 0 bridgehead atoms. The number of hydrogen-bond acceptors (Lipinski definition) is 6. The van der Waals surface area contributed by atoms with Crippen LogP contribution in [0.4, 0.5) is 4.79 Å². The molecule has 40 heavy (non-hydrogen) atoms. The lowest BCUT2D eigenvalue weighted by Gasteiger charge is -2.35. The summed E-state index contributed by atoms with van der Waals surface area (Å²) in [6.45, 7) is 8.12. The van der Waals surface area contributed by atoms with Crippen LogP contribution in [-0.2, 0) is 36.8 Å². The van der Waals surface area contributed by atoms with Crippen molar-refractivity contribution in [3.8, 4) is 0 Å². The van der Waals surface area contributed by atoms with Crippen LogP contribution in [0, 0.1) is 35.0 Å². The maximum Gasteiger partial charge on any atom is 0.408 e. The van der Waals surface area contributed by atoms with Crippen LogP contribution >= 0.6 is 0 Å². The molecule has 0 spiro atoms. The predicted molar refractivity (Wildman–Crippen MR) is 147 cm³/mol. The second-order valence-corrected chi connectivity index (χ2v) is 13.2. The zero-order chi connectivity index (χ0) is 28.9. The number of nitrogens with two attached hydrogens (primary N) is 1. The smallest absolute Gasteiger partial charge is 0.408 e. The first-order valence-corrected chi connectivity index (χ1v) is 14.6. The Labute approximate surface area is 235 Å². The average Bonchev–Trinajstić information content (AvgIpc) is 3.64. The molecule has 3 N–H and O–H groups in total. The Hall–Kier alpha value is -3.23. The third kappa shape index (κ3) is 5.52. The number of nitrogens with one attached hydrogen (secondary N) is 1. The predicted octanol–water partition coefficient (Wildman–Crippen LogP) is 2.82. The van der Waals surface area contributed by atoms with E-state index in [-0.39, 0.29) is 47.4 Å². The van der Waals surface area contributed by atoms with Gasteiger partial charge in [0.15, 0.2) is 5.78 Å². The van der Waals surface area contributed by atoms with Gasteiger partial charge in [-0.25, -0.2) is 4.79 Å². The SMILES string of the molecule is CC(C)OC(=O)N[C@H](C(=O)N1C[C@H]2[C@@H]([C@H]1C(=O)CC(CC1CC1)C(=O)C(N)=O)C2(C)C)C1Cc2ccccc2C1. The molecule has 3 amide bonds. The third-order valence-electron chi connectivity index (χ3n) is 9.63. The van der Waals surface area contributed by atoms with Gasteiger partial charge in [-0.1, -0.05) is 51.0 Å². The molecule has 1 heterocycles. The highest BCUT2D eigenvalue weighted by atomic mass is 16.6. The van der Waals surface area contributed by atoms with E-state index in [1.54, 1.807) is 18.7 Å². The van der Waals surface area contributed by atoms with Crippen molar-refractivity contribution in [2.45, 2.75) is 84.4 Å². The standard InChI is InChI=1S/C31H41N3O6/c1-16(2)40-30(39)33-25(20-12-18-7-5-6-8-19(18)13-20)29(38)34-15-22-24(31(22,3)4)26(34)23(35)14-21(11-17-9-10-17)27(36)28(32)37/h5-8,16-17,20-22,24-26H,9-15H2,1-4H3,(H2,32,37)(H,33,39)/t21?,22-,24-,25-,26+/m0/s1. The van der Waals surface area contributed by atoms with E-state index in [9.17, 15) is 24.0 Å². The summed E-state index contributed by atoms with van der Waals surface area (Å²) in [5, 5.41) is 2.84. The Morgan fingerprint density at radius 2 is 1.70 bits per heavy atom. The fourth-order valence-electron chi connectivity index (χ4n) is 7.25. The number of carbonyl (C=O) groups is 5. The van der Waals surface area contributed by atoms with E-state index < -0.39 is 35.8 Å². The van der Waals surface area contributed by atoms with Crippen molar-refractivity contribution in [3.63, 3.8) is 0 Å². The Kier molecular flexibility index (Phi) is 7.52. The number of carbonyl (C=O) groups excluding carboxylic acids is 5. The fourth-order valence-corrected chi connectivity index (χ4v) is 7.25. The molecule has 9 heteroatoms. The summed E-state index contributed by atoms with van der Waals surface area (Å²) in [5.74, 6) is -2.69. The van der Waals surface area contributed by atoms with Crippen molar-refractivity contribution in [3.05, 3.63) is 35.4 Å². The van der Waals surface area contributed by atoms with Crippen molar-refractivity contribution < 1.29 is 28.7 Å². The minimum atomic E-state index is -1.02. The molecule has 1 saturated heterocycles. The number of likely N-dealkylation sites (tertiary alicyclic amines) is 1. The van der Waals surface area contributed by atoms with Gasteiger partial charge in [-0.15, -0.1) is 0 Å². The number of alkyl carbamates (subject to hydrolysis) is 1. The van der Waals surface area contributed by atoms with Crippen LogP contribution in [0.3, 0.4) is 0 Å². The molecule has 4 aliphatic rings. The van der Waals surface area contributed by atoms with Gasteiger partial charge in [0.05, 0.1) is 12.1 Å². The number of amides is 3. The van der Waals surface area contributed by atoms with Gasteiger partial charge in [0.1, 0.15) is 6.04 Å². The van der Waals surface area contributed by atoms with Crippen LogP contribution in [0.25, 0.3) is 0 Å². The molecule has 1 aromatic rings. The lowest BCUT2D eigenvalue weighted by atomic mass is 9.86. The molecule has 0 aromatic heterocycles. The molecular formula is C31H41N3O6. The first-order chi connectivity index (χ1) is 18.9. The van der Waals surface area contributed by atoms with Gasteiger partial charge in [-0.05, 0) is 73.3 Å². The number of primary amides is 1. The van der Waals surface area contributed by atoms with Crippen molar-refractivity contribution in [1.29, 1.82) is 0 Å². The van der Waals surface area contributed by atoms with Gasteiger partial charge in [-0.2, -0.15) is 0 Å². The molecule has 3 fully saturated rings. The van der Waals surface area contributed by atoms with Gasteiger partial charge in [0.25, 0.3) is 5.91 Å². The first-order valence-electron chi connectivity index (χ1n) is 14.6. The molecule has 1 aromatic carbocycles. The molecule has 3 aliphatic carbocycles. The Balaban J connectivity index is 1.39. The van der Waals surface area contributed by atoms with Crippen molar-refractivity contribution in [2.75, 3.05) is 6.54 Å². The van der Waals surface area contributed by atoms with E-state index in [0.717, 1.165) is 24.0 Å². The van der Waals surface area contributed by atoms with E-state index in [2.05, 4.69) is 19.2 Å². The molecular weight excluding hydrogens is 510 g/mol. The highest BCUT2D eigenvalue weighted by molar-refractivity contribution is 6.36. The van der Waals surface area contributed by atoms with E-state index in [4.69, 9.17) is 10.5 Å². The fraction of sp³-hybridized carbons (Fsp3) is 0.645. The summed E-state index contributed by atoms with van der Waals surface area (Å²) in [4.78, 5) is 66.9. The van der Waals surface area contributed by atoms with Gasteiger partial charge >= 0.3 is 6.09 Å². The number of ketones is 2. The minimum Gasteiger partial charge on any atom is -0.447 e. The highest BCUT2D eigenvalue weighted by Crippen LogP contribution is 2.65. The topological polar surface area (TPSA) is 136 Å². The van der Waals surface area contributed by atoms with Gasteiger partial charge in [-0.3, -0.25) is 19.2 Å². The van der Waals surface area contributed by atoms with Crippen molar-refractivity contribution >= 4 is 29.5 Å². The maximum absolute atomic E-state index is 14.3. The number of Topliss-reactive ketones (excluding diaryl/α,β-unsaturated/α-hetero) is 2. The Bertz CT molecular complexity index is 1200. The Morgan fingerprint density at radius 1 is 1.07 bits per heavy atom. The van der Waals surface area contributed by atoms with E-state index >= 15 is 0 Å². The summed E-state index contributed by atoms with van der Waals surface area (Å²) < 4.78 is 5.34. The molecule has 5 rings (SSSR count). The largest absolute Gasteiger partial charge is 0.447 e. The summed E-state index contributed by atoms with van der Waals surface area (Å²) in [7, 11) is 0. The highest BCUT2D eigenvalue weighted by Gasteiger charge is 2.69. The van der Waals surface area contributed by atoms with E-state index in [1.165, 1.54) is 0 Å². The van der Waals surface area contributed by atoms with Crippen LogP contribution in [0.5, 0.6) is 0 Å². The summed E-state index contributed by atoms with van der Waals surface area (Å²) in [6, 6.07) is 6.45. The zero-order valence-corrected chi connectivity index (χ0v) is 23.9. The molecule has 5 atom stereocenters. The number of rotatable bonds is 11. The van der Waals surface area contributed by atoms with Crippen LogP contribution in [0.15, 0.2) is 24.3 Å². The molecule has 2 saturated carbocycles. The van der Waals surface area contributed by atoms with Crippen molar-refractivity contribution in [1.82, 2.24) is 10.2 Å². The summed E-state index contributed by atoms with van der Waals surface area (Å²) in [6.07, 6.45) is 2.58. The molecule has 216 valence electrons. The second kappa shape index (κ2) is 10.6. The van der Waals surface area contributed by atoms with Crippen LogP contribution in [0.1, 0.15) is 64.5 Å². The lowest BCUT2D eigenvalue weighted by molar-refractivity contribution is -0.144. The normalized spacial score (nSPS) is 26.0. The first kappa shape index (κ1) is 28.3. The van der Waals surface area contributed by atoms with E-state index in [1.807, 2.05) is 24.3 Å². The number of benzene rings is 1. The van der Waals surface area contributed by atoms with Crippen LogP contribution < -0.4 is 11.1 Å². The second-order valence-electron chi connectivity index (χ2n) is 13.2. The van der Waals surface area contributed by atoms with Crippen LogP contribution in [-0.4, -0.2) is 59.1 Å². The molecule has 9 nitrogen and oxygen atoms in total. The number of nitrogens with zero attached hydrogens (tertiary/aromatic N) is 1. The molecule has 1 aliphatic heterocycles. The summed E-state index contributed by atoms with van der Waals surface area (Å²) >= 11 is 0. The zero-order valence-electron chi connectivity index (χ0n) is 23.9. The van der Waals surface area contributed by atoms with Gasteiger partial charge in [0, 0.05) is 18.9 Å². The minimum absolute atomic E-state index is 0.0294. The summed E-state index contributed by atoms with van der Waals surface area (Å²) in [5.41, 5.74) is 7.51. The number of piperidine rings is 1. The van der Waals surface area contributed by atoms with E-state index in [0.29, 0.717) is 31.7 Å². The maximum atomic E-state index is 14.3. The monoisotopic (exact) mass is 551 g/mol. The Morgan fingerprint density at radius 3 is 2.25 bits per heavy atom. The van der Waals surface area contributed by atoms with Crippen molar-refractivity contribution in [2.24, 2.45) is 40.7 Å². The molecule has 1 unspecified atom stereocenters. The lowest BCUT2D eigenvalue weighted by Crippen LogP contribution is -2.57.